The number of hydrogen-bond acceptors (Lipinski definition) is 6. The first-order chi connectivity index (χ1) is 14.6. The van der Waals surface area contributed by atoms with E-state index in [4.69, 9.17) is 4.74 Å². The highest BCUT2D eigenvalue weighted by Crippen LogP contribution is 2.21. The number of sulfonamides is 1. The smallest absolute Gasteiger partial charge is 0.273 e. The number of aromatic nitrogens is 3. The summed E-state index contributed by atoms with van der Waals surface area (Å²) in [7, 11) is -3.67. The van der Waals surface area contributed by atoms with Crippen molar-refractivity contribution in [3.8, 4) is 5.69 Å². The molecule has 30 heavy (non-hydrogen) atoms. The Hall–Kier alpha value is -3.08. The number of benzene rings is 2. The lowest BCUT2D eigenvalue weighted by molar-refractivity contribution is 0.0730. The van der Waals surface area contributed by atoms with Gasteiger partial charge in [-0.1, -0.05) is 36.4 Å². The van der Waals surface area contributed by atoms with Crippen molar-refractivity contribution < 1.29 is 17.9 Å². The van der Waals surface area contributed by atoms with E-state index in [9.17, 15) is 13.2 Å². The Labute approximate surface area is 174 Å². The zero-order valence-electron chi connectivity index (χ0n) is 16.1. The molecule has 4 rings (SSSR count). The molecule has 1 N–H and O–H groups in total. The van der Waals surface area contributed by atoms with Gasteiger partial charge in [-0.2, -0.15) is 14.2 Å². The van der Waals surface area contributed by atoms with Crippen LogP contribution in [0, 0.1) is 0 Å². The molecule has 0 radical (unpaired) electrons. The summed E-state index contributed by atoms with van der Waals surface area (Å²) in [6, 6.07) is 15.9. The van der Waals surface area contributed by atoms with Crippen LogP contribution in [0.15, 0.2) is 65.7 Å². The van der Waals surface area contributed by atoms with E-state index in [2.05, 4.69) is 15.5 Å². The van der Waals surface area contributed by atoms with Crippen molar-refractivity contribution in [1.29, 1.82) is 0 Å². The molecule has 3 aromatic rings. The summed E-state index contributed by atoms with van der Waals surface area (Å²) in [6.45, 7) is 1.42. The van der Waals surface area contributed by atoms with Crippen LogP contribution in [0.25, 0.3) is 5.69 Å². The molecule has 1 saturated heterocycles. The number of amides is 1. The molecule has 0 bridgehead atoms. The summed E-state index contributed by atoms with van der Waals surface area (Å²) in [5.41, 5.74) is 1.39. The predicted octanol–water partition coefficient (Wildman–Crippen LogP) is 1.22. The van der Waals surface area contributed by atoms with Gasteiger partial charge in [0, 0.05) is 19.6 Å². The van der Waals surface area contributed by atoms with E-state index < -0.39 is 15.9 Å². The molecule has 9 nitrogen and oxygen atoms in total. The van der Waals surface area contributed by atoms with Gasteiger partial charge >= 0.3 is 0 Å². The van der Waals surface area contributed by atoms with Gasteiger partial charge in [-0.15, -0.1) is 5.10 Å². The van der Waals surface area contributed by atoms with E-state index in [1.54, 1.807) is 24.3 Å². The van der Waals surface area contributed by atoms with Crippen LogP contribution in [0.1, 0.15) is 16.1 Å². The standard InChI is InChI=1S/C20H21N5O4S/c26-20(18-15-22-25(23-18)17-7-2-1-3-8-17)21-14-16-6-4-5-9-19(16)30(27,28)24-10-12-29-13-11-24/h1-9,15H,10-14H2,(H,21,26). The Kier molecular flexibility index (Phi) is 5.88. The monoisotopic (exact) mass is 427 g/mol. The number of hydrogen-bond donors (Lipinski definition) is 1. The normalized spacial score (nSPS) is 15.1. The van der Waals surface area contributed by atoms with E-state index in [1.165, 1.54) is 15.3 Å². The van der Waals surface area contributed by atoms with Gasteiger partial charge in [0.05, 0.1) is 30.0 Å². The second-order valence-corrected chi connectivity index (χ2v) is 8.57. The fraction of sp³-hybridized carbons (Fsp3) is 0.250. The Morgan fingerprint density at radius 3 is 2.50 bits per heavy atom. The number of rotatable bonds is 6. The summed E-state index contributed by atoms with van der Waals surface area (Å²) in [6.07, 6.45) is 1.37. The third-order valence-corrected chi connectivity index (χ3v) is 6.71. The number of carbonyl (C=O) groups excluding carboxylic acids is 1. The predicted molar refractivity (Wildman–Crippen MR) is 109 cm³/mol. The topological polar surface area (TPSA) is 106 Å². The fourth-order valence-electron chi connectivity index (χ4n) is 3.15. The molecule has 1 aliphatic rings. The second kappa shape index (κ2) is 8.74. The van der Waals surface area contributed by atoms with Gasteiger partial charge in [-0.05, 0) is 23.8 Å². The Morgan fingerprint density at radius 1 is 1.03 bits per heavy atom. The van der Waals surface area contributed by atoms with E-state index in [0.29, 0.717) is 31.9 Å². The van der Waals surface area contributed by atoms with Crippen LogP contribution in [0.2, 0.25) is 0 Å². The molecule has 1 aromatic heterocycles. The van der Waals surface area contributed by atoms with Crippen molar-refractivity contribution in [3.63, 3.8) is 0 Å². The van der Waals surface area contributed by atoms with Crippen molar-refractivity contribution in [2.75, 3.05) is 26.3 Å². The highest BCUT2D eigenvalue weighted by molar-refractivity contribution is 7.89. The summed E-state index contributed by atoms with van der Waals surface area (Å²) in [5, 5.41) is 11.0. The van der Waals surface area contributed by atoms with Gasteiger partial charge in [0.25, 0.3) is 5.91 Å². The van der Waals surface area contributed by atoms with Crippen LogP contribution in [-0.4, -0.2) is 59.9 Å². The largest absolute Gasteiger partial charge is 0.379 e. The van der Waals surface area contributed by atoms with Crippen molar-refractivity contribution in [2.24, 2.45) is 0 Å². The molecular formula is C20H21N5O4S. The number of morpholine rings is 1. The fourth-order valence-corrected chi connectivity index (χ4v) is 4.78. The maximum absolute atomic E-state index is 13.0. The molecule has 1 fully saturated rings. The minimum absolute atomic E-state index is 0.0524. The molecule has 10 heteroatoms. The van der Waals surface area contributed by atoms with Crippen molar-refractivity contribution >= 4 is 15.9 Å². The number of nitrogens with zero attached hydrogens (tertiary/aromatic N) is 4. The lowest BCUT2D eigenvalue weighted by Gasteiger charge is -2.27. The first kappa shape index (κ1) is 20.2. The Morgan fingerprint density at radius 2 is 1.73 bits per heavy atom. The average Bonchev–Trinajstić information content (AvgIpc) is 3.29. The van der Waals surface area contributed by atoms with Gasteiger partial charge < -0.3 is 10.1 Å². The van der Waals surface area contributed by atoms with Crippen LogP contribution < -0.4 is 5.32 Å². The molecule has 0 atom stereocenters. The molecule has 156 valence electrons. The third kappa shape index (κ3) is 4.25. The van der Waals surface area contributed by atoms with Crippen LogP contribution in [0.3, 0.4) is 0 Å². The van der Waals surface area contributed by atoms with Crippen molar-refractivity contribution in [1.82, 2.24) is 24.6 Å². The SMILES string of the molecule is O=C(NCc1ccccc1S(=O)(=O)N1CCOCC1)c1cnn(-c2ccccc2)n1. The van der Waals surface area contributed by atoms with Crippen LogP contribution in [0.5, 0.6) is 0 Å². The van der Waals surface area contributed by atoms with E-state index >= 15 is 0 Å². The molecule has 1 aliphatic heterocycles. The summed E-state index contributed by atoms with van der Waals surface area (Å²) >= 11 is 0. The van der Waals surface area contributed by atoms with E-state index in [1.807, 2.05) is 30.3 Å². The highest BCUT2D eigenvalue weighted by Gasteiger charge is 2.28. The maximum Gasteiger partial charge on any atom is 0.273 e. The molecule has 0 aliphatic carbocycles. The van der Waals surface area contributed by atoms with Crippen LogP contribution >= 0.6 is 0 Å². The van der Waals surface area contributed by atoms with Crippen LogP contribution in [-0.2, 0) is 21.3 Å². The maximum atomic E-state index is 13.0. The first-order valence-electron chi connectivity index (χ1n) is 9.47. The lowest BCUT2D eigenvalue weighted by Crippen LogP contribution is -2.41. The molecule has 0 unspecified atom stereocenters. The number of carbonyl (C=O) groups is 1. The zero-order valence-corrected chi connectivity index (χ0v) is 17.0. The summed E-state index contributed by atoms with van der Waals surface area (Å²) in [5.74, 6) is -0.434. The van der Waals surface area contributed by atoms with Crippen LogP contribution in [0.4, 0.5) is 0 Å². The van der Waals surface area contributed by atoms with E-state index in [0.717, 1.165) is 5.69 Å². The second-order valence-electron chi connectivity index (χ2n) is 6.66. The zero-order chi connectivity index (χ0) is 21.0. The molecule has 1 amide bonds. The molecular weight excluding hydrogens is 406 g/mol. The van der Waals surface area contributed by atoms with Gasteiger partial charge in [0.2, 0.25) is 10.0 Å². The van der Waals surface area contributed by atoms with Gasteiger partial charge in [-0.3, -0.25) is 4.79 Å². The summed E-state index contributed by atoms with van der Waals surface area (Å²) < 4.78 is 32.7. The quantitative estimate of drug-likeness (QED) is 0.634. The van der Waals surface area contributed by atoms with Gasteiger partial charge in [0.1, 0.15) is 0 Å². The number of nitrogens with one attached hydrogen (secondary N) is 1. The van der Waals surface area contributed by atoms with Gasteiger partial charge in [-0.25, -0.2) is 8.42 Å². The van der Waals surface area contributed by atoms with E-state index in [-0.39, 0.29) is 17.1 Å². The number of para-hydroxylation sites is 1. The minimum atomic E-state index is -3.67. The highest BCUT2D eigenvalue weighted by atomic mass is 32.2. The Bertz CT molecular complexity index is 1120. The molecule has 2 aromatic carbocycles. The summed E-state index contributed by atoms with van der Waals surface area (Å²) in [4.78, 5) is 14.1. The lowest BCUT2D eigenvalue weighted by atomic mass is 10.2. The first-order valence-corrected chi connectivity index (χ1v) is 10.9. The Balaban J connectivity index is 1.48. The average molecular weight is 427 g/mol. The third-order valence-electron chi connectivity index (χ3n) is 4.71. The minimum Gasteiger partial charge on any atom is -0.379 e. The molecule has 0 spiro atoms. The molecule has 2 heterocycles. The van der Waals surface area contributed by atoms with Gasteiger partial charge in [0.15, 0.2) is 5.69 Å². The number of ether oxygens (including phenoxy) is 1. The molecule has 0 saturated carbocycles. The van der Waals surface area contributed by atoms with Crippen molar-refractivity contribution in [3.05, 3.63) is 72.1 Å². The van der Waals surface area contributed by atoms with Crippen molar-refractivity contribution in [2.45, 2.75) is 11.4 Å².